The van der Waals surface area contributed by atoms with Crippen LogP contribution in [-0.2, 0) is 12.6 Å². The molecule has 0 saturated carbocycles. The molecular weight excluding hydrogens is 390 g/mol. The molecule has 148 valence electrons. The summed E-state index contributed by atoms with van der Waals surface area (Å²) >= 11 is 0. The Bertz CT molecular complexity index is 1140. The van der Waals surface area contributed by atoms with Crippen LogP contribution in [0.4, 0.5) is 17.6 Å². The van der Waals surface area contributed by atoms with Gasteiger partial charge in [-0.15, -0.1) is 0 Å². The molecule has 0 spiro atoms. The van der Waals surface area contributed by atoms with Gasteiger partial charge in [0.25, 0.3) is 5.78 Å². The highest BCUT2D eigenvalue weighted by Crippen LogP contribution is 2.29. The molecule has 0 unspecified atom stereocenters. The predicted octanol–water partition coefficient (Wildman–Crippen LogP) is 3.97. The first-order valence-electron chi connectivity index (χ1n) is 8.52. The van der Waals surface area contributed by atoms with Crippen molar-refractivity contribution in [3.63, 3.8) is 0 Å². The summed E-state index contributed by atoms with van der Waals surface area (Å²) < 4.78 is 59.1. The van der Waals surface area contributed by atoms with E-state index in [0.717, 1.165) is 10.2 Å². The number of ether oxygens (including phenoxy) is 1. The number of fused-ring (bicyclic) bond motifs is 1. The van der Waals surface area contributed by atoms with Crippen LogP contribution in [-0.4, -0.2) is 31.2 Å². The second-order valence-electron chi connectivity index (χ2n) is 6.06. The smallest absolute Gasteiger partial charge is 0.435 e. The maximum Gasteiger partial charge on any atom is 0.435 e. The van der Waals surface area contributed by atoms with E-state index in [1.54, 1.807) is 12.3 Å². The zero-order chi connectivity index (χ0) is 20.4. The van der Waals surface area contributed by atoms with Gasteiger partial charge in [0.15, 0.2) is 17.3 Å². The van der Waals surface area contributed by atoms with Crippen LogP contribution in [0.2, 0.25) is 0 Å². The highest BCUT2D eigenvalue weighted by Gasteiger charge is 2.33. The van der Waals surface area contributed by atoms with Crippen molar-refractivity contribution in [2.24, 2.45) is 0 Å². The molecule has 0 aliphatic heterocycles. The van der Waals surface area contributed by atoms with Crippen molar-refractivity contribution in [2.45, 2.75) is 12.6 Å². The molecule has 0 aliphatic rings. The van der Waals surface area contributed by atoms with Crippen LogP contribution in [0.3, 0.4) is 0 Å². The summed E-state index contributed by atoms with van der Waals surface area (Å²) in [5.41, 5.74) is 0.498. The van der Waals surface area contributed by atoms with Crippen molar-refractivity contribution >= 4 is 5.78 Å². The van der Waals surface area contributed by atoms with Gasteiger partial charge < -0.3 is 4.74 Å². The average molecular weight is 403 g/mol. The Morgan fingerprint density at radius 3 is 2.66 bits per heavy atom. The van der Waals surface area contributed by atoms with Gasteiger partial charge in [0.2, 0.25) is 0 Å². The van der Waals surface area contributed by atoms with E-state index in [2.05, 4.69) is 20.1 Å². The van der Waals surface area contributed by atoms with Crippen LogP contribution < -0.4 is 4.74 Å². The number of hydrogen-bond acceptors (Lipinski definition) is 5. The van der Waals surface area contributed by atoms with E-state index >= 15 is 0 Å². The number of imidazole rings is 1. The van der Waals surface area contributed by atoms with Gasteiger partial charge in [0.1, 0.15) is 0 Å². The Morgan fingerprint density at radius 1 is 1.03 bits per heavy atom. The summed E-state index contributed by atoms with van der Waals surface area (Å²) in [7, 11) is 0. The zero-order valence-electron chi connectivity index (χ0n) is 14.8. The van der Waals surface area contributed by atoms with Gasteiger partial charge in [-0.3, -0.25) is 4.98 Å². The lowest BCUT2D eigenvalue weighted by Gasteiger charge is -2.09. The molecule has 0 radical (unpaired) electrons. The molecule has 4 aromatic rings. The molecule has 0 fully saturated rings. The van der Waals surface area contributed by atoms with Crippen LogP contribution in [0.25, 0.3) is 17.0 Å². The van der Waals surface area contributed by atoms with Crippen LogP contribution >= 0.6 is 0 Å². The van der Waals surface area contributed by atoms with E-state index in [-0.39, 0.29) is 18.1 Å². The molecule has 0 amide bonds. The monoisotopic (exact) mass is 403 g/mol. The fourth-order valence-electron chi connectivity index (χ4n) is 2.69. The molecule has 0 N–H and O–H groups in total. The fourth-order valence-corrected chi connectivity index (χ4v) is 2.69. The third-order valence-electron chi connectivity index (χ3n) is 4.10. The molecule has 3 aromatic heterocycles. The van der Waals surface area contributed by atoms with Gasteiger partial charge in [-0.2, -0.15) is 22.8 Å². The predicted molar refractivity (Wildman–Crippen MR) is 94.6 cm³/mol. The quantitative estimate of drug-likeness (QED) is 0.472. The van der Waals surface area contributed by atoms with Crippen molar-refractivity contribution in [2.75, 3.05) is 6.61 Å². The van der Waals surface area contributed by atoms with Crippen molar-refractivity contribution in [1.29, 1.82) is 0 Å². The number of alkyl halides is 3. The van der Waals surface area contributed by atoms with Crippen molar-refractivity contribution < 1.29 is 22.3 Å². The second-order valence-corrected chi connectivity index (χ2v) is 6.06. The Hall–Kier alpha value is -3.56. The molecule has 10 heteroatoms. The highest BCUT2D eigenvalue weighted by molar-refractivity contribution is 5.63. The van der Waals surface area contributed by atoms with Crippen LogP contribution in [0.1, 0.15) is 11.4 Å². The maximum atomic E-state index is 14.1. The molecule has 0 saturated heterocycles. The van der Waals surface area contributed by atoms with Gasteiger partial charge >= 0.3 is 6.18 Å². The molecule has 1 aromatic carbocycles. The van der Waals surface area contributed by atoms with Gasteiger partial charge in [-0.1, -0.05) is 6.07 Å². The topological polar surface area (TPSA) is 65.2 Å². The van der Waals surface area contributed by atoms with Crippen molar-refractivity contribution in [3.05, 3.63) is 72.2 Å². The number of halogens is 4. The SMILES string of the molecule is Fc1ccc(-c2cnc3nc(C(F)(F)F)cnn23)cc1OCCc1ccccn1. The third kappa shape index (κ3) is 4.00. The highest BCUT2D eigenvalue weighted by atomic mass is 19.4. The summed E-state index contributed by atoms with van der Waals surface area (Å²) in [6.45, 7) is 0.208. The van der Waals surface area contributed by atoms with Crippen molar-refractivity contribution in [1.82, 2.24) is 24.6 Å². The Kier molecular flexibility index (Phi) is 4.83. The molecular formula is C19H13F4N5O. The molecule has 0 aliphatic carbocycles. The largest absolute Gasteiger partial charge is 0.490 e. The molecule has 4 rings (SSSR count). The van der Waals surface area contributed by atoms with Crippen LogP contribution in [0.15, 0.2) is 55.0 Å². The first-order valence-corrected chi connectivity index (χ1v) is 8.52. The minimum Gasteiger partial charge on any atom is -0.490 e. The first kappa shape index (κ1) is 18.8. The zero-order valence-corrected chi connectivity index (χ0v) is 14.8. The second kappa shape index (κ2) is 7.46. The Balaban J connectivity index is 1.58. The number of hydrogen-bond donors (Lipinski definition) is 0. The van der Waals surface area contributed by atoms with E-state index in [1.807, 2.05) is 12.1 Å². The van der Waals surface area contributed by atoms with E-state index in [4.69, 9.17) is 4.74 Å². The number of aromatic nitrogens is 5. The molecule has 29 heavy (non-hydrogen) atoms. The number of benzene rings is 1. The Labute approximate surface area is 161 Å². The third-order valence-corrected chi connectivity index (χ3v) is 4.10. The lowest BCUT2D eigenvalue weighted by molar-refractivity contribution is -0.141. The molecule has 3 heterocycles. The van der Waals surface area contributed by atoms with Gasteiger partial charge in [-0.05, 0) is 30.3 Å². The summed E-state index contributed by atoms with van der Waals surface area (Å²) in [6.07, 6.45) is -0.532. The van der Waals surface area contributed by atoms with Crippen LogP contribution in [0, 0.1) is 5.82 Å². The molecule has 0 bridgehead atoms. The molecule has 0 atom stereocenters. The summed E-state index contributed by atoms with van der Waals surface area (Å²) in [4.78, 5) is 11.5. The summed E-state index contributed by atoms with van der Waals surface area (Å²) in [6, 6.07) is 9.59. The molecule has 6 nitrogen and oxygen atoms in total. The number of pyridine rings is 1. The standard InChI is InChI=1S/C19H13F4N5O/c20-14-5-4-12(9-16(14)29-8-6-13-3-1-2-7-24-13)15-10-25-18-27-17(19(21,22)23)11-26-28(15)18/h1-5,7,9-11H,6,8H2. The minimum atomic E-state index is -4.62. The summed E-state index contributed by atoms with van der Waals surface area (Å²) in [5, 5.41) is 3.77. The van der Waals surface area contributed by atoms with E-state index in [1.165, 1.54) is 24.4 Å². The Morgan fingerprint density at radius 2 is 1.90 bits per heavy atom. The summed E-state index contributed by atoms with van der Waals surface area (Å²) in [5.74, 6) is -0.765. The first-order chi connectivity index (χ1) is 13.9. The van der Waals surface area contributed by atoms with E-state index in [0.29, 0.717) is 23.9 Å². The minimum absolute atomic E-state index is 0.00764. The van der Waals surface area contributed by atoms with Crippen molar-refractivity contribution in [3.8, 4) is 17.0 Å². The van der Waals surface area contributed by atoms with Gasteiger partial charge in [0.05, 0.1) is 24.7 Å². The van der Waals surface area contributed by atoms with Crippen LogP contribution in [0.5, 0.6) is 5.75 Å². The lowest BCUT2D eigenvalue weighted by atomic mass is 10.1. The fraction of sp³-hybridized carbons (Fsp3) is 0.158. The van der Waals surface area contributed by atoms with E-state index < -0.39 is 17.7 Å². The maximum absolute atomic E-state index is 14.1. The average Bonchev–Trinajstić information content (AvgIpc) is 3.13. The normalized spacial score (nSPS) is 11.7. The number of nitrogens with zero attached hydrogens (tertiary/aromatic N) is 5. The number of rotatable bonds is 5. The van der Waals surface area contributed by atoms with Gasteiger partial charge in [0, 0.05) is 23.9 Å². The lowest BCUT2D eigenvalue weighted by Crippen LogP contribution is -2.11. The van der Waals surface area contributed by atoms with Gasteiger partial charge in [-0.25, -0.2) is 14.4 Å². The van der Waals surface area contributed by atoms with E-state index in [9.17, 15) is 17.6 Å².